The highest BCUT2D eigenvalue weighted by molar-refractivity contribution is 7.99. The number of anilines is 1. The zero-order valence-electron chi connectivity index (χ0n) is 14.8. The highest BCUT2D eigenvalue weighted by Gasteiger charge is 2.28. The van der Waals surface area contributed by atoms with Crippen molar-refractivity contribution in [2.45, 2.75) is 18.5 Å². The van der Waals surface area contributed by atoms with Gasteiger partial charge in [0.25, 0.3) is 0 Å². The molecule has 26 heavy (non-hydrogen) atoms. The number of hydrogen-bond acceptors (Lipinski definition) is 6. The molecular formula is C17H21N5O3S. The summed E-state index contributed by atoms with van der Waals surface area (Å²) in [5.41, 5.74) is 0.781. The first kappa shape index (κ1) is 18.2. The molecule has 0 radical (unpaired) electrons. The molecule has 3 rings (SSSR count). The van der Waals surface area contributed by atoms with E-state index in [1.807, 2.05) is 31.2 Å². The van der Waals surface area contributed by atoms with Crippen molar-refractivity contribution in [1.29, 1.82) is 0 Å². The zero-order chi connectivity index (χ0) is 18.5. The minimum absolute atomic E-state index is 0.0742. The van der Waals surface area contributed by atoms with Crippen LogP contribution in [0.15, 0.2) is 29.4 Å². The minimum Gasteiger partial charge on any atom is -0.497 e. The Morgan fingerprint density at radius 2 is 2.23 bits per heavy atom. The first-order chi connectivity index (χ1) is 12.6. The molecule has 1 aromatic carbocycles. The molecule has 138 valence electrons. The van der Waals surface area contributed by atoms with Crippen LogP contribution in [0.5, 0.6) is 5.75 Å². The van der Waals surface area contributed by atoms with Crippen LogP contribution in [0.25, 0.3) is 0 Å². The molecule has 0 aliphatic carbocycles. The maximum atomic E-state index is 12.5. The van der Waals surface area contributed by atoms with Crippen LogP contribution in [0.4, 0.5) is 5.69 Å². The van der Waals surface area contributed by atoms with E-state index in [4.69, 9.17) is 4.74 Å². The van der Waals surface area contributed by atoms with Crippen LogP contribution >= 0.6 is 11.8 Å². The van der Waals surface area contributed by atoms with E-state index in [9.17, 15) is 9.59 Å². The number of benzene rings is 1. The van der Waals surface area contributed by atoms with Crippen molar-refractivity contribution in [2.24, 2.45) is 0 Å². The van der Waals surface area contributed by atoms with Gasteiger partial charge in [0.15, 0.2) is 0 Å². The molecule has 2 amide bonds. The van der Waals surface area contributed by atoms with Crippen LogP contribution in [0.1, 0.15) is 12.7 Å². The topological polar surface area (TPSA) is 91.4 Å². The Kier molecular flexibility index (Phi) is 5.77. The van der Waals surface area contributed by atoms with Crippen molar-refractivity contribution in [3.8, 4) is 5.75 Å². The maximum Gasteiger partial charge on any atom is 0.246 e. The van der Waals surface area contributed by atoms with Crippen LogP contribution in [-0.4, -0.2) is 64.4 Å². The largest absolute Gasteiger partial charge is 0.497 e. The molecule has 1 aromatic heterocycles. The van der Waals surface area contributed by atoms with Gasteiger partial charge in [0.1, 0.15) is 18.1 Å². The van der Waals surface area contributed by atoms with E-state index in [0.29, 0.717) is 24.0 Å². The number of ether oxygens (including phenoxy) is 1. The summed E-state index contributed by atoms with van der Waals surface area (Å²) in [5.74, 6) is 1.52. The third-order valence-corrected chi connectivity index (χ3v) is 4.94. The van der Waals surface area contributed by atoms with Crippen LogP contribution < -0.4 is 9.64 Å². The predicted molar refractivity (Wildman–Crippen MR) is 98.4 cm³/mol. The molecule has 2 heterocycles. The Labute approximate surface area is 155 Å². The average molecular weight is 375 g/mol. The molecule has 0 spiro atoms. The molecule has 1 fully saturated rings. The van der Waals surface area contributed by atoms with Gasteiger partial charge in [-0.05, 0) is 12.1 Å². The summed E-state index contributed by atoms with van der Waals surface area (Å²) in [6.45, 7) is 3.01. The SMILES string of the molecule is CCc1nc(SCC(=O)N2CCN(c3cccc(OC)c3)C(=O)C2)n[nH]1. The fourth-order valence-corrected chi connectivity index (χ4v) is 3.38. The number of carbonyl (C=O) groups excluding carboxylic acids is 2. The predicted octanol–water partition coefficient (Wildman–Crippen LogP) is 1.34. The fraction of sp³-hybridized carbons (Fsp3) is 0.412. The van der Waals surface area contributed by atoms with E-state index in [1.54, 1.807) is 16.9 Å². The Bertz CT molecular complexity index is 794. The summed E-state index contributed by atoms with van der Waals surface area (Å²) in [7, 11) is 1.59. The van der Waals surface area contributed by atoms with Crippen LogP contribution in [0.2, 0.25) is 0 Å². The van der Waals surface area contributed by atoms with E-state index in [1.165, 1.54) is 11.8 Å². The number of carbonyl (C=O) groups is 2. The molecule has 0 unspecified atom stereocenters. The maximum absolute atomic E-state index is 12.5. The van der Waals surface area contributed by atoms with Crippen LogP contribution in [0.3, 0.4) is 0 Å². The third-order valence-electron chi connectivity index (χ3n) is 4.11. The van der Waals surface area contributed by atoms with E-state index >= 15 is 0 Å². The molecular weight excluding hydrogens is 354 g/mol. The van der Waals surface area contributed by atoms with Crippen molar-refractivity contribution >= 4 is 29.3 Å². The van der Waals surface area contributed by atoms with Crippen molar-refractivity contribution in [3.05, 3.63) is 30.1 Å². The highest BCUT2D eigenvalue weighted by atomic mass is 32.2. The summed E-state index contributed by atoms with van der Waals surface area (Å²) < 4.78 is 5.20. The first-order valence-electron chi connectivity index (χ1n) is 8.37. The Balaban J connectivity index is 1.55. The number of rotatable bonds is 6. The number of piperazine rings is 1. The molecule has 1 aliphatic heterocycles. The third kappa shape index (κ3) is 4.16. The standard InChI is InChI=1S/C17H21N5O3S/c1-3-14-18-17(20-19-14)26-11-16(24)21-7-8-22(15(23)10-21)12-5-4-6-13(9-12)25-2/h4-6,9H,3,7-8,10-11H2,1-2H3,(H,18,19,20). The molecule has 1 aliphatic rings. The van der Waals surface area contributed by atoms with Gasteiger partial charge in [0.05, 0.1) is 12.9 Å². The second-order valence-electron chi connectivity index (χ2n) is 5.77. The number of amides is 2. The number of aromatic amines is 1. The van der Waals surface area contributed by atoms with Gasteiger partial charge in [-0.2, -0.15) is 0 Å². The van der Waals surface area contributed by atoms with Gasteiger partial charge in [0.2, 0.25) is 17.0 Å². The number of aryl methyl sites for hydroxylation is 1. The van der Waals surface area contributed by atoms with Crippen LogP contribution in [-0.2, 0) is 16.0 Å². The van der Waals surface area contributed by atoms with Gasteiger partial charge >= 0.3 is 0 Å². The van der Waals surface area contributed by atoms with Gasteiger partial charge in [-0.1, -0.05) is 24.8 Å². The van der Waals surface area contributed by atoms with Gasteiger partial charge in [-0.15, -0.1) is 5.10 Å². The summed E-state index contributed by atoms with van der Waals surface area (Å²) in [5, 5.41) is 7.43. The number of aromatic nitrogens is 3. The van der Waals surface area contributed by atoms with E-state index in [2.05, 4.69) is 15.2 Å². The molecule has 2 aromatic rings. The second kappa shape index (κ2) is 8.22. The number of nitrogens with zero attached hydrogens (tertiary/aromatic N) is 4. The van der Waals surface area contributed by atoms with Gasteiger partial charge in [0, 0.05) is 31.3 Å². The number of methoxy groups -OCH3 is 1. The lowest BCUT2D eigenvalue weighted by atomic mass is 10.2. The first-order valence-corrected chi connectivity index (χ1v) is 9.35. The highest BCUT2D eigenvalue weighted by Crippen LogP contribution is 2.23. The summed E-state index contributed by atoms with van der Waals surface area (Å²) >= 11 is 1.28. The molecule has 1 N–H and O–H groups in total. The summed E-state index contributed by atoms with van der Waals surface area (Å²) in [6.07, 6.45) is 0.766. The lowest BCUT2D eigenvalue weighted by molar-refractivity contribution is -0.134. The van der Waals surface area contributed by atoms with Crippen molar-refractivity contribution in [1.82, 2.24) is 20.1 Å². The normalized spacial score (nSPS) is 14.6. The van der Waals surface area contributed by atoms with E-state index < -0.39 is 0 Å². The van der Waals surface area contributed by atoms with Crippen LogP contribution in [0, 0.1) is 0 Å². The fourth-order valence-electron chi connectivity index (χ4n) is 2.66. The van der Waals surface area contributed by atoms with Crippen molar-refractivity contribution in [3.63, 3.8) is 0 Å². The minimum atomic E-state index is -0.103. The molecule has 0 bridgehead atoms. The van der Waals surface area contributed by atoms with Gasteiger partial charge in [-0.25, -0.2) is 4.98 Å². The van der Waals surface area contributed by atoms with Gasteiger partial charge < -0.3 is 14.5 Å². The average Bonchev–Trinajstić information content (AvgIpc) is 3.14. The number of H-pyrrole nitrogens is 1. The van der Waals surface area contributed by atoms with Crippen molar-refractivity contribution < 1.29 is 14.3 Å². The molecule has 0 atom stereocenters. The Morgan fingerprint density at radius 3 is 2.92 bits per heavy atom. The second-order valence-corrected chi connectivity index (χ2v) is 6.71. The zero-order valence-corrected chi connectivity index (χ0v) is 15.6. The van der Waals surface area contributed by atoms with E-state index in [0.717, 1.165) is 17.9 Å². The number of hydrogen-bond donors (Lipinski definition) is 1. The lowest BCUT2D eigenvalue weighted by Gasteiger charge is -2.34. The quantitative estimate of drug-likeness (QED) is 0.766. The number of thioether (sulfide) groups is 1. The van der Waals surface area contributed by atoms with Gasteiger partial charge in [-0.3, -0.25) is 14.7 Å². The Morgan fingerprint density at radius 1 is 1.38 bits per heavy atom. The summed E-state index contributed by atoms with van der Waals surface area (Å²) in [4.78, 5) is 32.4. The molecule has 0 saturated carbocycles. The molecule has 9 heteroatoms. The van der Waals surface area contributed by atoms with Crippen molar-refractivity contribution in [2.75, 3.05) is 37.4 Å². The number of nitrogens with one attached hydrogen (secondary N) is 1. The monoisotopic (exact) mass is 375 g/mol. The summed E-state index contributed by atoms with van der Waals surface area (Å²) in [6, 6.07) is 7.36. The Hall–Kier alpha value is -2.55. The lowest BCUT2D eigenvalue weighted by Crippen LogP contribution is -2.52. The molecule has 8 nitrogen and oxygen atoms in total. The van der Waals surface area contributed by atoms with E-state index in [-0.39, 0.29) is 24.1 Å². The molecule has 1 saturated heterocycles. The smallest absolute Gasteiger partial charge is 0.246 e.